The van der Waals surface area contributed by atoms with E-state index in [1.54, 1.807) is 36.4 Å². The van der Waals surface area contributed by atoms with Crippen LogP contribution in [-0.4, -0.2) is 12.4 Å². The largest absolute Gasteiger partial charge is 0.489 e. The zero-order chi connectivity index (χ0) is 15.1. The highest BCUT2D eigenvalue weighted by atomic mass is 16.5. The van der Waals surface area contributed by atoms with Gasteiger partial charge in [0.2, 0.25) is 0 Å². The molecule has 3 nitrogen and oxygen atoms in total. The Labute approximate surface area is 124 Å². The predicted octanol–water partition coefficient (Wildman–Crippen LogP) is 3.73. The van der Waals surface area contributed by atoms with E-state index in [0.717, 1.165) is 11.3 Å². The maximum Gasteiger partial charge on any atom is 0.185 e. The van der Waals surface area contributed by atoms with Crippen LogP contribution in [0.2, 0.25) is 0 Å². The summed E-state index contributed by atoms with van der Waals surface area (Å²) in [6, 6.07) is 14.4. The van der Waals surface area contributed by atoms with Crippen LogP contribution in [0, 0.1) is 0 Å². The van der Waals surface area contributed by atoms with Gasteiger partial charge in [-0.1, -0.05) is 30.9 Å². The number of para-hydroxylation sites is 1. The molecule has 0 aromatic heterocycles. The molecule has 21 heavy (non-hydrogen) atoms. The first-order valence-electron chi connectivity index (χ1n) is 6.61. The van der Waals surface area contributed by atoms with Gasteiger partial charge in [-0.15, -0.1) is 0 Å². The molecule has 0 saturated heterocycles. The average Bonchev–Trinajstić information content (AvgIpc) is 2.52. The second-order valence-corrected chi connectivity index (χ2v) is 4.46. The molecular formula is C18H17NO2. The molecule has 2 N–H and O–H groups in total. The zero-order valence-corrected chi connectivity index (χ0v) is 11.7. The summed E-state index contributed by atoms with van der Waals surface area (Å²) in [4.78, 5) is 12.1. The molecule has 0 aliphatic rings. The summed E-state index contributed by atoms with van der Waals surface area (Å²) < 4.78 is 5.54. The quantitative estimate of drug-likeness (QED) is 0.379. The molecule has 106 valence electrons. The number of hydrogen-bond donors (Lipinski definition) is 1. The van der Waals surface area contributed by atoms with Crippen LogP contribution in [-0.2, 0) is 0 Å². The first kappa shape index (κ1) is 14.6. The number of ketones is 1. The smallest absolute Gasteiger partial charge is 0.185 e. The predicted molar refractivity (Wildman–Crippen MR) is 86.4 cm³/mol. The highest BCUT2D eigenvalue weighted by Gasteiger charge is 2.03. The fourth-order valence-electron chi connectivity index (χ4n) is 1.81. The Morgan fingerprint density at radius 3 is 2.57 bits per heavy atom. The highest BCUT2D eigenvalue weighted by Crippen LogP contribution is 2.20. The lowest BCUT2D eigenvalue weighted by Gasteiger charge is -2.06. The molecule has 0 amide bonds. The van der Waals surface area contributed by atoms with Crippen LogP contribution in [0.5, 0.6) is 5.75 Å². The average molecular weight is 279 g/mol. The van der Waals surface area contributed by atoms with E-state index in [1.807, 2.05) is 24.3 Å². The Bertz CT molecular complexity index is 657. The third-order valence-corrected chi connectivity index (χ3v) is 2.89. The molecule has 0 aliphatic heterocycles. The van der Waals surface area contributed by atoms with Gasteiger partial charge in [-0.25, -0.2) is 0 Å². The van der Waals surface area contributed by atoms with Crippen LogP contribution in [0.25, 0.3) is 6.08 Å². The van der Waals surface area contributed by atoms with E-state index in [1.165, 1.54) is 6.08 Å². The third kappa shape index (κ3) is 4.08. The Morgan fingerprint density at radius 2 is 1.86 bits per heavy atom. The standard InChI is InChI=1S/C18H17NO2/c1-2-13-21-18-6-4-3-5-15(18)9-12-17(20)14-7-10-16(19)11-8-14/h2-12H,1,13,19H2/b12-9+. The molecule has 3 heteroatoms. The summed E-state index contributed by atoms with van der Waals surface area (Å²) in [5.41, 5.74) is 7.69. The highest BCUT2D eigenvalue weighted by molar-refractivity contribution is 6.07. The van der Waals surface area contributed by atoms with Crippen molar-refractivity contribution in [2.24, 2.45) is 0 Å². The second-order valence-electron chi connectivity index (χ2n) is 4.46. The van der Waals surface area contributed by atoms with E-state index < -0.39 is 0 Å². The minimum Gasteiger partial charge on any atom is -0.489 e. The molecule has 0 unspecified atom stereocenters. The van der Waals surface area contributed by atoms with Gasteiger partial charge >= 0.3 is 0 Å². The fourth-order valence-corrected chi connectivity index (χ4v) is 1.81. The van der Waals surface area contributed by atoms with Crippen LogP contribution in [0.15, 0.2) is 67.3 Å². The van der Waals surface area contributed by atoms with Gasteiger partial charge in [-0.3, -0.25) is 4.79 Å². The number of ether oxygens (including phenoxy) is 1. The molecule has 0 bridgehead atoms. The Morgan fingerprint density at radius 1 is 1.14 bits per heavy atom. The van der Waals surface area contributed by atoms with Crippen LogP contribution in [0.1, 0.15) is 15.9 Å². The summed E-state index contributed by atoms with van der Waals surface area (Å²) in [5, 5.41) is 0. The SMILES string of the molecule is C=CCOc1ccccc1/C=C/C(=O)c1ccc(N)cc1. The number of nitrogens with two attached hydrogens (primary N) is 1. The van der Waals surface area contributed by atoms with Crippen molar-refractivity contribution in [3.8, 4) is 5.75 Å². The lowest BCUT2D eigenvalue weighted by molar-refractivity contribution is 0.104. The minimum atomic E-state index is -0.0754. The molecule has 2 aromatic carbocycles. The van der Waals surface area contributed by atoms with Crippen molar-refractivity contribution in [2.75, 3.05) is 12.3 Å². The topological polar surface area (TPSA) is 52.3 Å². The van der Waals surface area contributed by atoms with Crippen molar-refractivity contribution >= 4 is 17.5 Å². The van der Waals surface area contributed by atoms with Gasteiger partial charge in [0.25, 0.3) is 0 Å². The lowest BCUT2D eigenvalue weighted by Crippen LogP contribution is -1.96. The first-order valence-corrected chi connectivity index (χ1v) is 6.61. The van der Waals surface area contributed by atoms with E-state index in [2.05, 4.69) is 6.58 Å². The lowest BCUT2D eigenvalue weighted by atomic mass is 10.1. The molecular weight excluding hydrogens is 262 g/mol. The van der Waals surface area contributed by atoms with Gasteiger partial charge in [-0.05, 0) is 42.5 Å². The molecule has 0 fully saturated rings. The van der Waals surface area contributed by atoms with Crippen molar-refractivity contribution in [1.82, 2.24) is 0 Å². The number of anilines is 1. The minimum absolute atomic E-state index is 0.0754. The molecule has 0 aliphatic carbocycles. The number of rotatable bonds is 6. The molecule has 0 atom stereocenters. The van der Waals surface area contributed by atoms with Crippen molar-refractivity contribution in [3.05, 3.63) is 78.4 Å². The second kappa shape index (κ2) is 7.10. The van der Waals surface area contributed by atoms with Crippen LogP contribution in [0.4, 0.5) is 5.69 Å². The van der Waals surface area contributed by atoms with Crippen molar-refractivity contribution in [1.29, 1.82) is 0 Å². The Balaban J connectivity index is 2.15. The summed E-state index contributed by atoms with van der Waals surface area (Å²) in [5.74, 6) is 0.646. The molecule has 0 spiro atoms. The number of allylic oxidation sites excluding steroid dienone is 1. The van der Waals surface area contributed by atoms with Gasteiger partial charge in [-0.2, -0.15) is 0 Å². The van der Waals surface area contributed by atoms with E-state index >= 15 is 0 Å². The van der Waals surface area contributed by atoms with Gasteiger partial charge in [0.15, 0.2) is 5.78 Å². The molecule has 0 heterocycles. The van der Waals surface area contributed by atoms with Crippen molar-refractivity contribution in [2.45, 2.75) is 0 Å². The number of nitrogen functional groups attached to an aromatic ring is 1. The molecule has 2 rings (SSSR count). The van der Waals surface area contributed by atoms with Crippen LogP contribution in [0.3, 0.4) is 0 Å². The Kier molecular flexibility index (Phi) is 4.94. The number of benzene rings is 2. The summed E-state index contributed by atoms with van der Waals surface area (Å²) in [6.45, 7) is 4.05. The van der Waals surface area contributed by atoms with Gasteiger partial charge in [0.05, 0.1) is 0 Å². The fraction of sp³-hybridized carbons (Fsp3) is 0.0556. The van der Waals surface area contributed by atoms with Gasteiger partial charge in [0, 0.05) is 16.8 Å². The van der Waals surface area contributed by atoms with E-state index in [0.29, 0.717) is 17.9 Å². The molecule has 2 aromatic rings. The van der Waals surface area contributed by atoms with Gasteiger partial charge in [0.1, 0.15) is 12.4 Å². The monoisotopic (exact) mass is 279 g/mol. The number of carbonyl (C=O) groups is 1. The summed E-state index contributed by atoms with van der Waals surface area (Å²) in [6.07, 6.45) is 4.96. The van der Waals surface area contributed by atoms with E-state index in [-0.39, 0.29) is 5.78 Å². The number of carbonyl (C=O) groups excluding carboxylic acids is 1. The van der Waals surface area contributed by atoms with Crippen molar-refractivity contribution in [3.63, 3.8) is 0 Å². The van der Waals surface area contributed by atoms with E-state index in [4.69, 9.17) is 10.5 Å². The maximum atomic E-state index is 12.1. The van der Waals surface area contributed by atoms with Gasteiger partial charge < -0.3 is 10.5 Å². The summed E-state index contributed by atoms with van der Waals surface area (Å²) in [7, 11) is 0. The zero-order valence-electron chi connectivity index (χ0n) is 11.7. The summed E-state index contributed by atoms with van der Waals surface area (Å²) >= 11 is 0. The molecule has 0 radical (unpaired) electrons. The maximum absolute atomic E-state index is 12.1. The van der Waals surface area contributed by atoms with Crippen LogP contribution < -0.4 is 10.5 Å². The molecule has 0 saturated carbocycles. The van der Waals surface area contributed by atoms with E-state index in [9.17, 15) is 4.79 Å². The van der Waals surface area contributed by atoms with Crippen molar-refractivity contribution < 1.29 is 9.53 Å². The van der Waals surface area contributed by atoms with Crippen LogP contribution >= 0.6 is 0 Å². The third-order valence-electron chi connectivity index (χ3n) is 2.89. The number of hydrogen-bond acceptors (Lipinski definition) is 3. The first-order chi connectivity index (χ1) is 10.2. The normalized spacial score (nSPS) is 10.5. The Hall–Kier alpha value is -2.81.